The van der Waals surface area contributed by atoms with Gasteiger partial charge < -0.3 is 9.47 Å². The lowest BCUT2D eigenvalue weighted by atomic mass is 10.3. The van der Waals surface area contributed by atoms with Gasteiger partial charge in [0.2, 0.25) is 0 Å². The van der Waals surface area contributed by atoms with E-state index in [1.54, 1.807) is 6.08 Å². The molecule has 2 nitrogen and oxygen atoms in total. The Hall–Kier alpha value is -0.0500. The Labute approximate surface area is 65.8 Å². The summed E-state index contributed by atoms with van der Waals surface area (Å²) in [6.45, 7) is 5.98. The van der Waals surface area contributed by atoms with E-state index < -0.39 is 5.79 Å². The second-order valence-corrected chi connectivity index (χ2v) is 2.73. The fourth-order valence-corrected chi connectivity index (χ4v) is 0.993. The van der Waals surface area contributed by atoms with E-state index in [0.29, 0.717) is 12.5 Å². The van der Waals surface area contributed by atoms with E-state index in [2.05, 4.69) is 6.58 Å². The number of hydrogen-bond acceptors (Lipinski definition) is 2. The van der Waals surface area contributed by atoms with Gasteiger partial charge in [-0.1, -0.05) is 6.58 Å². The highest BCUT2D eigenvalue weighted by atomic mass is 35.5. The molecule has 3 heteroatoms. The summed E-state index contributed by atoms with van der Waals surface area (Å²) in [5.74, 6) is -0.136. The molecule has 0 aromatic heterocycles. The highest BCUT2D eigenvalue weighted by Gasteiger charge is 2.33. The zero-order valence-electron chi connectivity index (χ0n) is 5.97. The van der Waals surface area contributed by atoms with E-state index in [1.165, 1.54) is 0 Å². The van der Waals surface area contributed by atoms with Gasteiger partial charge in [-0.15, -0.1) is 11.6 Å². The zero-order chi connectivity index (χ0) is 7.61. The minimum Gasteiger partial charge on any atom is -0.344 e. The molecule has 1 aliphatic heterocycles. The van der Waals surface area contributed by atoms with E-state index in [9.17, 15) is 0 Å². The van der Waals surface area contributed by atoms with Crippen LogP contribution in [-0.2, 0) is 9.47 Å². The van der Waals surface area contributed by atoms with Crippen molar-refractivity contribution in [2.75, 3.05) is 12.5 Å². The van der Waals surface area contributed by atoms with Crippen molar-refractivity contribution in [3.8, 4) is 0 Å². The molecule has 10 heavy (non-hydrogen) atoms. The van der Waals surface area contributed by atoms with Gasteiger partial charge in [0, 0.05) is 0 Å². The van der Waals surface area contributed by atoms with E-state index in [4.69, 9.17) is 21.1 Å². The SMILES string of the molecule is C=CC1(C)OCC(CCl)O1. The molecule has 0 aromatic rings. The minimum absolute atomic E-state index is 0.0182. The third-order valence-corrected chi connectivity index (χ3v) is 1.84. The summed E-state index contributed by atoms with van der Waals surface area (Å²) in [7, 11) is 0. The maximum Gasteiger partial charge on any atom is 0.185 e. The Bertz CT molecular complexity index is 138. The molecule has 0 aliphatic carbocycles. The molecule has 1 fully saturated rings. The fourth-order valence-electron chi connectivity index (χ4n) is 0.840. The molecule has 0 N–H and O–H groups in total. The van der Waals surface area contributed by atoms with Gasteiger partial charge in [0.25, 0.3) is 0 Å². The minimum atomic E-state index is -0.612. The van der Waals surface area contributed by atoms with Gasteiger partial charge >= 0.3 is 0 Å². The summed E-state index contributed by atoms with van der Waals surface area (Å²) in [5, 5.41) is 0. The second kappa shape index (κ2) is 2.91. The molecule has 1 aliphatic rings. The molecule has 0 radical (unpaired) electrons. The summed E-state index contributed by atoms with van der Waals surface area (Å²) in [4.78, 5) is 0. The summed E-state index contributed by atoms with van der Waals surface area (Å²) in [5.41, 5.74) is 0. The van der Waals surface area contributed by atoms with E-state index >= 15 is 0 Å². The molecule has 1 rings (SSSR count). The van der Waals surface area contributed by atoms with Crippen LogP contribution in [0.4, 0.5) is 0 Å². The molecule has 58 valence electrons. The Morgan fingerprint density at radius 3 is 2.90 bits per heavy atom. The van der Waals surface area contributed by atoms with Crippen LogP contribution < -0.4 is 0 Å². The highest BCUT2D eigenvalue weighted by molar-refractivity contribution is 6.18. The molecule has 0 spiro atoms. The van der Waals surface area contributed by atoms with Crippen LogP contribution >= 0.6 is 11.6 Å². The topological polar surface area (TPSA) is 18.5 Å². The highest BCUT2D eigenvalue weighted by Crippen LogP contribution is 2.24. The van der Waals surface area contributed by atoms with Crippen LogP contribution in [-0.4, -0.2) is 24.4 Å². The van der Waals surface area contributed by atoms with Gasteiger partial charge in [-0.05, 0) is 13.0 Å². The molecule has 0 bridgehead atoms. The summed E-state index contributed by atoms with van der Waals surface area (Å²) < 4.78 is 10.6. The van der Waals surface area contributed by atoms with Crippen molar-refractivity contribution in [3.63, 3.8) is 0 Å². The van der Waals surface area contributed by atoms with Crippen molar-refractivity contribution in [3.05, 3.63) is 12.7 Å². The maximum atomic E-state index is 5.55. The normalized spacial score (nSPS) is 40.0. The van der Waals surface area contributed by atoms with Crippen LogP contribution in [0.3, 0.4) is 0 Å². The molecular weight excluding hydrogens is 152 g/mol. The fraction of sp³-hybridized carbons (Fsp3) is 0.714. The van der Waals surface area contributed by atoms with Gasteiger partial charge in [0.15, 0.2) is 5.79 Å². The zero-order valence-corrected chi connectivity index (χ0v) is 6.73. The van der Waals surface area contributed by atoms with E-state index in [-0.39, 0.29) is 6.10 Å². The van der Waals surface area contributed by atoms with Crippen LogP contribution in [0.25, 0.3) is 0 Å². The standard InChI is InChI=1S/C7H11ClO2/c1-3-7(2)9-5-6(4-8)10-7/h3,6H,1,4-5H2,2H3. The molecule has 2 atom stereocenters. The Morgan fingerprint density at radius 1 is 1.90 bits per heavy atom. The monoisotopic (exact) mass is 162 g/mol. The van der Waals surface area contributed by atoms with Crippen LogP contribution in [0.5, 0.6) is 0 Å². The first kappa shape index (κ1) is 8.05. The first-order valence-electron chi connectivity index (χ1n) is 3.21. The molecule has 0 saturated carbocycles. The largest absolute Gasteiger partial charge is 0.344 e. The number of ether oxygens (including phenoxy) is 2. The predicted octanol–water partition coefficient (Wildman–Crippen LogP) is 1.54. The molecule has 2 unspecified atom stereocenters. The smallest absolute Gasteiger partial charge is 0.185 e. The lowest BCUT2D eigenvalue weighted by Gasteiger charge is -2.17. The number of alkyl halides is 1. The molecule has 1 saturated heterocycles. The van der Waals surface area contributed by atoms with Gasteiger partial charge in [-0.25, -0.2) is 0 Å². The number of hydrogen-bond donors (Lipinski definition) is 0. The van der Waals surface area contributed by atoms with E-state index in [1.807, 2.05) is 6.92 Å². The predicted molar refractivity (Wildman–Crippen MR) is 40.1 cm³/mol. The summed E-state index contributed by atoms with van der Waals surface area (Å²) in [6, 6.07) is 0. The molecule has 0 aromatic carbocycles. The van der Waals surface area contributed by atoms with Crippen LogP contribution in [0.2, 0.25) is 0 Å². The quantitative estimate of drug-likeness (QED) is 0.453. The summed E-state index contributed by atoms with van der Waals surface area (Å²) in [6.07, 6.45) is 1.66. The lowest BCUT2D eigenvalue weighted by Crippen LogP contribution is -2.23. The van der Waals surface area contributed by atoms with Gasteiger partial charge in [0.05, 0.1) is 18.6 Å². The third-order valence-electron chi connectivity index (χ3n) is 1.50. The Kier molecular flexibility index (Phi) is 2.34. The van der Waals surface area contributed by atoms with Crippen molar-refractivity contribution < 1.29 is 9.47 Å². The van der Waals surface area contributed by atoms with Crippen molar-refractivity contribution >= 4 is 11.6 Å². The van der Waals surface area contributed by atoms with Gasteiger partial charge in [-0.2, -0.15) is 0 Å². The molecular formula is C7H11ClO2. The Balaban J connectivity index is 2.48. The Morgan fingerprint density at radius 2 is 2.60 bits per heavy atom. The van der Waals surface area contributed by atoms with E-state index in [0.717, 1.165) is 0 Å². The maximum absolute atomic E-state index is 5.55. The summed E-state index contributed by atoms with van der Waals surface area (Å²) >= 11 is 5.55. The average Bonchev–Trinajstić information content (AvgIpc) is 2.33. The number of halogens is 1. The van der Waals surface area contributed by atoms with Crippen LogP contribution in [0.1, 0.15) is 6.92 Å². The van der Waals surface area contributed by atoms with Gasteiger partial charge in [0.1, 0.15) is 0 Å². The van der Waals surface area contributed by atoms with Crippen LogP contribution in [0, 0.1) is 0 Å². The molecule has 1 heterocycles. The first-order chi connectivity index (χ1) is 4.70. The van der Waals surface area contributed by atoms with Gasteiger partial charge in [-0.3, -0.25) is 0 Å². The average molecular weight is 163 g/mol. The van der Waals surface area contributed by atoms with Crippen molar-refractivity contribution in [2.24, 2.45) is 0 Å². The van der Waals surface area contributed by atoms with Crippen molar-refractivity contribution in [1.82, 2.24) is 0 Å². The van der Waals surface area contributed by atoms with Crippen molar-refractivity contribution in [1.29, 1.82) is 0 Å². The lowest BCUT2D eigenvalue weighted by molar-refractivity contribution is -0.110. The van der Waals surface area contributed by atoms with Crippen molar-refractivity contribution in [2.45, 2.75) is 18.8 Å². The second-order valence-electron chi connectivity index (χ2n) is 2.43. The third kappa shape index (κ3) is 1.51. The molecule has 0 amide bonds. The number of rotatable bonds is 2. The van der Waals surface area contributed by atoms with Crippen LogP contribution in [0.15, 0.2) is 12.7 Å². The first-order valence-corrected chi connectivity index (χ1v) is 3.75.